The van der Waals surface area contributed by atoms with Crippen molar-refractivity contribution < 1.29 is 33.8 Å². The molecule has 0 saturated heterocycles. The van der Waals surface area contributed by atoms with Crippen molar-refractivity contribution in [2.24, 2.45) is 11.8 Å². The quantitative estimate of drug-likeness (QED) is 0.312. The molecule has 0 aliphatic heterocycles. The van der Waals surface area contributed by atoms with E-state index in [0.29, 0.717) is 18.2 Å². The maximum absolute atomic E-state index is 12.8. The van der Waals surface area contributed by atoms with Gasteiger partial charge < -0.3 is 25.2 Å². The maximum atomic E-state index is 12.8. The molecule has 0 radical (unpaired) electrons. The molecule has 10 heteroatoms. The first-order valence-corrected chi connectivity index (χ1v) is 14.6. The predicted molar refractivity (Wildman–Crippen MR) is 158 cm³/mol. The van der Waals surface area contributed by atoms with E-state index in [1.165, 1.54) is 0 Å². The zero-order valence-corrected chi connectivity index (χ0v) is 25.2. The van der Waals surface area contributed by atoms with E-state index in [-0.39, 0.29) is 37.0 Å². The van der Waals surface area contributed by atoms with Gasteiger partial charge in [-0.15, -0.1) is 0 Å². The molecule has 1 aliphatic carbocycles. The minimum Gasteiger partial charge on any atom is -0.480 e. The summed E-state index contributed by atoms with van der Waals surface area (Å²) in [6.07, 6.45) is 3.50. The summed E-state index contributed by atoms with van der Waals surface area (Å²) in [5.74, 6) is -1.30. The number of nitrogens with one attached hydrogen (secondary N) is 2. The topological polar surface area (TPSA) is 144 Å². The van der Waals surface area contributed by atoms with Crippen LogP contribution in [-0.4, -0.2) is 58.8 Å². The van der Waals surface area contributed by atoms with Gasteiger partial charge in [0, 0.05) is 30.6 Å². The standard InChI is InChI=1S/C32H43N3O7/c1-6-41-30(39)26-16-15-25(20(2)34-26)24-13-11-21(12-14-24)17-27(29(37)38)35-28(36)18-22-7-9-23(10-8-22)19-33-31(40)42-32(3,4)5/h11-16,22-23,27H,6-10,17-19H2,1-5H3,(H,33,40)(H,35,36)(H,37,38). The molecule has 1 atom stereocenters. The summed E-state index contributed by atoms with van der Waals surface area (Å²) in [6, 6.07) is 9.82. The van der Waals surface area contributed by atoms with Crippen LogP contribution in [0.15, 0.2) is 36.4 Å². The van der Waals surface area contributed by atoms with E-state index in [2.05, 4.69) is 15.6 Å². The monoisotopic (exact) mass is 581 g/mol. The highest BCUT2D eigenvalue weighted by atomic mass is 16.6. The number of alkyl carbamates (subject to hydrolysis) is 1. The molecule has 0 spiro atoms. The van der Waals surface area contributed by atoms with Gasteiger partial charge in [0.25, 0.3) is 0 Å². The molecule has 3 N–H and O–H groups in total. The Balaban J connectivity index is 1.48. The van der Waals surface area contributed by atoms with Gasteiger partial charge in [-0.2, -0.15) is 0 Å². The molecular weight excluding hydrogens is 538 g/mol. The van der Waals surface area contributed by atoms with E-state index in [1.807, 2.05) is 58.0 Å². The third-order valence-corrected chi connectivity index (χ3v) is 7.28. The van der Waals surface area contributed by atoms with E-state index in [0.717, 1.165) is 42.4 Å². The Bertz CT molecular complexity index is 1250. The van der Waals surface area contributed by atoms with Gasteiger partial charge in [0.1, 0.15) is 17.3 Å². The normalized spacial score (nSPS) is 17.5. The number of ether oxygens (including phenoxy) is 2. The number of amides is 2. The Labute approximate surface area is 247 Å². The van der Waals surface area contributed by atoms with Crippen molar-refractivity contribution in [1.29, 1.82) is 0 Å². The fourth-order valence-corrected chi connectivity index (χ4v) is 5.14. The predicted octanol–water partition coefficient (Wildman–Crippen LogP) is 5.07. The third kappa shape index (κ3) is 10.2. The highest BCUT2D eigenvalue weighted by molar-refractivity contribution is 5.88. The highest BCUT2D eigenvalue weighted by Gasteiger charge is 2.27. The van der Waals surface area contributed by atoms with Crippen LogP contribution in [0.1, 0.15) is 81.5 Å². The van der Waals surface area contributed by atoms with Crippen LogP contribution in [0.4, 0.5) is 4.79 Å². The van der Waals surface area contributed by atoms with Gasteiger partial charge in [-0.3, -0.25) is 4.79 Å². The minimum atomic E-state index is -1.08. The number of nitrogens with zero attached hydrogens (tertiary/aromatic N) is 1. The minimum absolute atomic E-state index is 0.156. The molecule has 2 aromatic rings. The zero-order chi connectivity index (χ0) is 30.9. The molecule has 1 heterocycles. The lowest BCUT2D eigenvalue weighted by Gasteiger charge is -2.29. The molecule has 1 unspecified atom stereocenters. The summed E-state index contributed by atoms with van der Waals surface area (Å²) >= 11 is 0. The molecular formula is C32H43N3O7. The molecule has 1 aromatic carbocycles. The van der Waals surface area contributed by atoms with E-state index in [1.54, 1.807) is 13.0 Å². The Morgan fingerprint density at radius 3 is 2.21 bits per heavy atom. The molecule has 10 nitrogen and oxygen atoms in total. The largest absolute Gasteiger partial charge is 0.480 e. The molecule has 42 heavy (non-hydrogen) atoms. The number of benzene rings is 1. The number of carbonyl (C=O) groups excluding carboxylic acids is 3. The van der Waals surface area contributed by atoms with Crippen molar-refractivity contribution in [1.82, 2.24) is 15.6 Å². The van der Waals surface area contributed by atoms with Crippen LogP contribution in [-0.2, 0) is 25.5 Å². The van der Waals surface area contributed by atoms with Gasteiger partial charge in [0.05, 0.1) is 6.61 Å². The molecule has 1 aromatic heterocycles. The van der Waals surface area contributed by atoms with Gasteiger partial charge in [-0.25, -0.2) is 19.4 Å². The molecule has 1 saturated carbocycles. The lowest BCUT2D eigenvalue weighted by molar-refractivity contribution is -0.142. The Kier molecular flexibility index (Phi) is 11.5. The number of hydrogen-bond acceptors (Lipinski definition) is 7. The van der Waals surface area contributed by atoms with Crippen LogP contribution in [0.2, 0.25) is 0 Å². The van der Waals surface area contributed by atoms with Crippen molar-refractivity contribution in [2.75, 3.05) is 13.2 Å². The van der Waals surface area contributed by atoms with E-state index in [9.17, 15) is 24.3 Å². The average molecular weight is 582 g/mol. The van der Waals surface area contributed by atoms with Gasteiger partial charge in [0.15, 0.2) is 0 Å². The molecule has 1 aliphatic rings. The fourth-order valence-electron chi connectivity index (χ4n) is 5.14. The first-order valence-electron chi connectivity index (χ1n) is 14.6. The van der Waals surface area contributed by atoms with E-state index in [4.69, 9.17) is 9.47 Å². The summed E-state index contributed by atoms with van der Waals surface area (Å²) < 4.78 is 10.3. The number of aromatic nitrogens is 1. The van der Waals surface area contributed by atoms with E-state index >= 15 is 0 Å². The smallest absolute Gasteiger partial charge is 0.407 e. The van der Waals surface area contributed by atoms with Crippen molar-refractivity contribution >= 4 is 23.9 Å². The summed E-state index contributed by atoms with van der Waals surface area (Å²) in [6.45, 7) is 9.84. The maximum Gasteiger partial charge on any atom is 0.407 e. The highest BCUT2D eigenvalue weighted by Crippen LogP contribution is 2.30. The van der Waals surface area contributed by atoms with E-state index < -0.39 is 29.7 Å². The zero-order valence-electron chi connectivity index (χ0n) is 25.2. The van der Waals surface area contributed by atoms with Crippen molar-refractivity contribution in [3.63, 3.8) is 0 Å². The first kappa shape index (κ1) is 32.6. The number of hydrogen-bond donors (Lipinski definition) is 3. The summed E-state index contributed by atoms with van der Waals surface area (Å²) in [5.41, 5.74) is 2.90. The van der Waals surface area contributed by atoms with Crippen LogP contribution in [0.3, 0.4) is 0 Å². The Morgan fingerprint density at radius 2 is 1.64 bits per heavy atom. The number of carboxylic acids is 1. The SMILES string of the molecule is CCOC(=O)c1ccc(-c2ccc(CC(NC(=O)CC3CCC(CNC(=O)OC(C)(C)C)CC3)C(=O)O)cc2)c(C)n1. The summed E-state index contributed by atoms with van der Waals surface area (Å²) in [5, 5.41) is 15.3. The van der Waals surface area contributed by atoms with Crippen LogP contribution < -0.4 is 10.6 Å². The molecule has 2 amide bonds. The number of aliphatic carboxylic acids is 1. The fraction of sp³-hybridized carbons (Fsp3) is 0.531. The number of pyridine rings is 1. The van der Waals surface area contributed by atoms with Gasteiger partial charge in [-0.1, -0.05) is 30.3 Å². The van der Waals surface area contributed by atoms with Crippen molar-refractivity contribution in [3.05, 3.63) is 53.3 Å². The number of aryl methyl sites for hydroxylation is 1. The third-order valence-electron chi connectivity index (χ3n) is 7.28. The van der Waals surface area contributed by atoms with Crippen molar-refractivity contribution in [3.8, 4) is 11.1 Å². The van der Waals surface area contributed by atoms with Gasteiger partial charge >= 0.3 is 18.0 Å². The summed E-state index contributed by atoms with van der Waals surface area (Å²) in [4.78, 5) is 52.9. The summed E-state index contributed by atoms with van der Waals surface area (Å²) in [7, 11) is 0. The molecule has 0 bridgehead atoms. The van der Waals surface area contributed by atoms with Crippen LogP contribution in [0, 0.1) is 18.8 Å². The second kappa shape index (κ2) is 14.8. The molecule has 3 rings (SSSR count). The van der Waals surface area contributed by atoms with Crippen LogP contribution in [0.25, 0.3) is 11.1 Å². The first-order chi connectivity index (χ1) is 19.8. The van der Waals surface area contributed by atoms with Gasteiger partial charge in [0.2, 0.25) is 5.91 Å². The second-order valence-corrected chi connectivity index (χ2v) is 11.9. The number of esters is 1. The van der Waals surface area contributed by atoms with Crippen LogP contribution >= 0.6 is 0 Å². The molecule has 1 fully saturated rings. The number of rotatable bonds is 11. The van der Waals surface area contributed by atoms with Crippen LogP contribution in [0.5, 0.6) is 0 Å². The van der Waals surface area contributed by atoms with Gasteiger partial charge in [-0.05, 0) is 89.3 Å². The second-order valence-electron chi connectivity index (χ2n) is 11.9. The number of carboxylic acid groups (broad SMARTS) is 1. The number of carbonyl (C=O) groups is 4. The Morgan fingerprint density at radius 1 is 1.00 bits per heavy atom. The lowest BCUT2D eigenvalue weighted by Crippen LogP contribution is -2.43. The van der Waals surface area contributed by atoms with Crippen molar-refractivity contribution in [2.45, 2.75) is 84.8 Å². The average Bonchev–Trinajstić information content (AvgIpc) is 2.92. The Hall–Kier alpha value is -3.95. The lowest BCUT2D eigenvalue weighted by atomic mass is 9.80. The molecule has 228 valence electrons.